The van der Waals surface area contributed by atoms with Gasteiger partial charge in [-0.25, -0.2) is 0 Å². The fourth-order valence-electron chi connectivity index (χ4n) is 1.87. The van der Waals surface area contributed by atoms with E-state index in [1.54, 1.807) is 7.11 Å². The average molecular weight is 378 g/mol. The Balaban J connectivity index is 2.31. The predicted molar refractivity (Wildman–Crippen MR) is 86.4 cm³/mol. The molecule has 7 heteroatoms. The summed E-state index contributed by atoms with van der Waals surface area (Å²) < 4.78 is 6.07. The highest BCUT2D eigenvalue weighted by Gasteiger charge is 2.20. The highest BCUT2D eigenvalue weighted by atomic mass is 79.9. The Bertz CT molecular complexity index is 501. The Kier molecular flexibility index (Phi) is 7.74. The molecular formula is C14H20BrNO4S. The van der Waals surface area contributed by atoms with Crippen LogP contribution in [0.1, 0.15) is 46.7 Å². The number of unbranched alkanes of at least 4 members (excludes halogenated alkanes) is 3. The maximum Gasteiger partial charge on any atom is 0.303 e. The van der Waals surface area contributed by atoms with Gasteiger partial charge in [0.2, 0.25) is 0 Å². The smallest absolute Gasteiger partial charge is 0.303 e. The second-order valence-electron chi connectivity index (χ2n) is 4.65. The molecule has 1 amide bonds. The van der Waals surface area contributed by atoms with Crippen LogP contribution < -0.4 is 10.1 Å². The number of methoxy groups -OCH3 is 1. The van der Waals surface area contributed by atoms with E-state index in [4.69, 9.17) is 9.84 Å². The molecule has 0 aliphatic rings. The molecule has 1 aromatic heterocycles. The first-order chi connectivity index (χ1) is 9.97. The summed E-state index contributed by atoms with van der Waals surface area (Å²) >= 11 is 4.81. The highest BCUT2D eigenvalue weighted by molar-refractivity contribution is 9.10. The number of carboxylic acid groups (broad SMARTS) is 1. The first-order valence-corrected chi connectivity index (χ1v) is 8.41. The number of nitrogens with one attached hydrogen (secondary N) is 1. The number of hydrogen-bond acceptors (Lipinski definition) is 4. The van der Waals surface area contributed by atoms with Gasteiger partial charge in [0.1, 0.15) is 4.88 Å². The largest absolute Gasteiger partial charge is 0.494 e. The van der Waals surface area contributed by atoms with Crippen molar-refractivity contribution in [2.24, 2.45) is 0 Å². The minimum atomic E-state index is -0.756. The van der Waals surface area contributed by atoms with Crippen molar-refractivity contribution < 1.29 is 19.4 Å². The number of hydrogen-bond donors (Lipinski definition) is 2. The van der Waals surface area contributed by atoms with Crippen molar-refractivity contribution in [1.82, 2.24) is 5.32 Å². The lowest BCUT2D eigenvalue weighted by atomic mass is 10.1. The number of ether oxygens (including phenoxy) is 1. The minimum Gasteiger partial charge on any atom is -0.494 e. The minimum absolute atomic E-state index is 0.129. The maximum atomic E-state index is 12.1. The standard InChI is InChI=1S/C14H20BrNO4S/c1-9-11(15)12(20-2)13(21-9)14(19)16-8-6-4-3-5-7-10(17)18/h3-8H2,1-2H3,(H,16,19)(H,17,18). The lowest BCUT2D eigenvalue weighted by molar-refractivity contribution is -0.137. The van der Waals surface area contributed by atoms with Gasteiger partial charge in [-0.05, 0) is 35.7 Å². The van der Waals surface area contributed by atoms with Crippen LogP contribution in [-0.4, -0.2) is 30.6 Å². The molecule has 0 atom stereocenters. The zero-order valence-corrected chi connectivity index (χ0v) is 14.6. The number of carboxylic acids is 1. The fraction of sp³-hybridized carbons (Fsp3) is 0.571. The molecule has 0 saturated heterocycles. The van der Waals surface area contributed by atoms with Crippen LogP contribution in [0, 0.1) is 6.92 Å². The number of aryl methyl sites for hydroxylation is 1. The number of rotatable bonds is 9. The summed E-state index contributed by atoms with van der Waals surface area (Å²) in [6.45, 7) is 2.51. The second-order valence-corrected chi connectivity index (χ2v) is 6.67. The van der Waals surface area contributed by atoms with E-state index in [-0.39, 0.29) is 12.3 Å². The second kappa shape index (κ2) is 9.04. The molecule has 0 aliphatic heterocycles. The molecule has 0 aromatic carbocycles. The topological polar surface area (TPSA) is 75.6 Å². The zero-order chi connectivity index (χ0) is 15.8. The molecule has 21 heavy (non-hydrogen) atoms. The zero-order valence-electron chi connectivity index (χ0n) is 12.2. The lowest BCUT2D eigenvalue weighted by Gasteiger charge is -2.05. The first kappa shape index (κ1) is 18.0. The lowest BCUT2D eigenvalue weighted by Crippen LogP contribution is -2.23. The van der Waals surface area contributed by atoms with Gasteiger partial charge >= 0.3 is 5.97 Å². The molecule has 2 N–H and O–H groups in total. The molecule has 118 valence electrons. The van der Waals surface area contributed by atoms with Gasteiger partial charge in [0, 0.05) is 17.8 Å². The maximum absolute atomic E-state index is 12.1. The van der Waals surface area contributed by atoms with E-state index in [1.165, 1.54) is 11.3 Å². The van der Waals surface area contributed by atoms with Gasteiger partial charge in [-0.1, -0.05) is 12.8 Å². The molecule has 0 unspecified atom stereocenters. The Morgan fingerprint density at radius 1 is 1.29 bits per heavy atom. The molecule has 1 heterocycles. The summed E-state index contributed by atoms with van der Waals surface area (Å²) in [5.41, 5.74) is 0. The Hall–Kier alpha value is -1.08. The summed E-state index contributed by atoms with van der Waals surface area (Å²) in [5.74, 6) is -0.304. The van der Waals surface area contributed by atoms with Crippen molar-refractivity contribution in [3.63, 3.8) is 0 Å². The molecule has 0 aliphatic carbocycles. The van der Waals surface area contributed by atoms with Crippen molar-refractivity contribution in [2.45, 2.75) is 39.0 Å². The van der Waals surface area contributed by atoms with Crippen LogP contribution in [-0.2, 0) is 4.79 Å². The predicted octanol–water partition coefficient (Wildman–Crippen LogP) is 3.59. The van der Waals surface area contributed by atoms with Gasteiger partial charge < -0.3 is 15.2 Å². The molecule has 0 bridgehead atoms. The van der Waals surface area contributed by atoms with E-state index < -0.39 is 5.97 Å². The number of halogens is 1. The monoisotopic (exact) mass is 377 g/mol. The van der Waals surface area contributed by atoms with Gasteiger partial charge in [0.15, 0.2) is 5.75 Å². The van der Waals surface area contributed by atoms with Crippen molar-refractivity contribution in [3.8, 4) is 5.75 Å². The molecule has 1 aromatic rings. The van der Waals surface area contributed by atoms with Gasteiger partial charge in [0.05, 0.1) is 11.6 Å². The average Bonchev–Trinajstić information content (AvgIpc) is 2.72. The molecule has 5 nitrogen and oxygen atoms in total. The van der Waals surface area contributed by atoms with Gasteiger partial charge in [-0.3, -0.25) is 9.59 Å². The number of carbonyl (C=O) groups excluding carboxylic acids is 1. The highest BCUT2D eigenvalue weighted by Crippen LogP contribution is 2.38. The fourth-order valence-corrected chi connectivity index (χ4v) is 3.54. The number of thiophene rings is 1. The van der Waals surface area contributed by atoms with Crippen LogP contribution in [0.4, 0.5) is 0 Å². The van der Waals surface area contributed by atoms with Crippen molar-refractivity contribution >= 4 is 39.1 Å². The van der Waals surface area contributed by atoms with E-state index in [2.05, 4.69) is 21.2 Å². The van der Waals surface area contributed by atoms with Crippen molar-refractivity contribution in [1.29, 1.82) is 0 Å². The molecule has 0 radical (unpaired) electrons. The Morgan fingerprint density at radius 2 is 1.95 bits per heavy atom. The SMILES string of the molecule is COc1c(C(=O)NCCCCCCC(=O)O)sc(C)c1Br. The Morgan fingerprint density at radius 3 is 2.57 bits per heavy atom. The summed E-state index contributed by atoms with van der Waals surface area (Å²) in [7, 11) is 1.55. The summed E-state index contributed by atoms with van der Waals surface area (Å²) in [5, 5.41) is 11.4. The third-order valence-electron chi connectivity index (χ3n) is 2.98. The van der Waals surface area contributed by atoms with E-state index in [0.29, 0.717) is 23.6 Å². The molecule has 0 saturated carbocycles. The van der Waals surface area contributed by atoms with Crippen LogP contribution in [0.5, 0.6) is 5.75 Å². The van der Waals surface area contributed by atoms with Crippen LogP contribution in [0.25, 0.3) is 0 Å². The van der Waals surface area contributed by atoms with Crippen LogP contribution in [0.15, 0.2) is 4.47 Å². The van der Waals surface area contributed by atoms with E-state index >= 15 is 0 Å². The van der Waals surface area contributed by atoms with Crippen molar-refractivity contribution in [2.75, 3.05) is 13.7 Å². The first-order valence-electron chi connectivity index (χ1n) is 6.80. The van der Waals surface area contributed by atoms with E-state index in [1.807, 2.05) is 6.92 Å². The molecular weight excluding hydrogens is 358 g/mol. The van der Waals surface area contributed by atoms with Crippen LogP contribution in [0.3, 0.4) is 0 Å². The normalized spacial score (nSPS) is 10.4. The van der Waals surface area contributed by atoms with E-state index in [9.17, 15) is 9.59 Å². The van der Waals surface area contributed by atoms with Crippen molar-refractivity contribution in [3.05, 3.63) is 14.2 Å². The third-order valence-corrected chi connectivity index (χ3v) is 5.29. The molecule has 0 fully saturated rings. The number of amides is 1. The van der Waals surface area contributed by atoms with Gasteiger partial charge in [-0.15, -0.1) is 11.3 Å². The van der Waals surface area contributed by atoms with Gasteiger partial charge in [-0.2, -0.15) is 0 Å². The number of aliphatic carboxylic acids is 1. The summed E-state index contributed by atoms with van der Waals surface area (Å²) in [4.78, 5) is 24.0. The van der Waals surface area contributed by atoms with Crippen LogP contribution >= 0.6 is 27.3 Å². The van der Waals surface area contributed by atoms with Gasteiger partial charge in [0.25, 0.3) is 5.91 Å². The Labute approximate surface area is 136 Å². The summed E-state index contributed by atoms with van der Waals surface area (Å²) in [6.07, 6.45) is 3.53. The quantitative estimate of drug-likeness (QED) is 0.644. The molecule has 0 spiro atoms. The van der Waals surface area contributed by atoms with E-state index in [0.717, 1.165) is 28.6 Å². The third kappa shape index (κ3) is 5.67. The number of carbonyl (C=O) groups is 2. The summed E-state index contributed by atoms with van der Waals surface area (Å²) in [6, 6.07) is 0. The molecule has 1 rings (SSSR count). The van der Waals surface area contributed by atoms with Crippen LogP contribution in [0.2, 0.25) is 0 Å².